The fraction of sp³-hybridized carbons (Fsp3) is 0.0476. The molecule has 1 nitrogen and oxygen atoms in total. The zero-order valence-electron chi connectivity index (χ0n) is 36.6. The van der Waals surface area contributed by atoms with E-state index >= 15 is 0 Å². The van der Waals surface area contributed by atoms with Gasteiger partial charge >= 0.3 is 0 Å². The molecule has 0 amide bonds. The molecule has 2 aliphatic carbocycles. The van der Waals surface area contributed by atoms with Crippen molar-refractivity contribution in [2.45, 2.75) is 18.6 Å². The molecular weight excluding hydrogens is 835 g/mol. The van der Waals surface area contributed by atoms with E-state index in [1.165, 1.54) is 91.9 Å². The van der Waals surface area contributed by atoms with Gasteiger partial charge in [-0.25, -0.2) is 0 Å². The lowest BCUT2D eigenvalue weighted by Gasteiger charge is -2.25. The number of benzene rings is 8. The summed E-state index contributed by atoms with van der Waals surface area (Å²) in [4.78, 5) is 6.16. The van der Waals surface area contributed by atoms with Gasteiger partial charge in [-0.3, -0.25) is 0 Å². The van der Waals surface area contributed by atoms with Crippen molar-refractivity contribution in [1.82, 2.24) is 0 Å². The zero-order valence-corrected chi connectivity index (χ0v) is 38.2. The van der Waals surface area contributed by atoms with Gasteiger partial charge in [-0.1, -0.05) is 170 Å². The lowest BCUT2D eigenvalue weighted by molar-refractivity contribution is 1.27. The first-order valence-electron chi connectivity index (χ1n) is 22.7. The van der Waals surface area contributed by atoms with E-state index in [0.29, 0.717) is 0 Å². The minimum atomic E-state index is 0.817. The fourth-order valence-electron chi connectivity index (χ4n) is 9.51. The molecule has 11 rings (SSSR count). The maximum atomic E-state index is 4.21. The van der Waals surface area contributed by atoms with Crippen LogP contribution in [0.5, 0.6) is 0 Å². The molecule has 0 unspecified atom stereocenters. The third kappa shape index (κ3) is 8.24. The first-order chi connectivity index (χ1) is 32.7. The summed E-state index contributed by atoms with van der Waals surface area (Å²) >= 11 is 3.78. The second kappa shape index (κ2) is 18.6. The van der Waals surface area contributed by atoms with E-state index < -0.39 is 0 Å². The first-order valence-corrected chi connectivity index (χ1v) is 24.5. The number of rotatable bonds is 11. The minimum absolute atomic E-state index is 0.817. The Morgan fingerprint density at radius 1 is 0.561 bits per heavy atom. The number of para-hydroxylation sites is 2. The van der Waals surface area contributed by atoms with Crippen molar-refractivity contribution in [3.8, 4) is 21.6 Å². The van der Waals surface area contributed by atoms with E-state index in [-0.39, 0.29) is 0 Å². The van der Waals surface area contributed by atoms with Gasteiger partial charge in [0, 0.05) is 37.5 Å². The molecule has 0 saturated carbocycles. The monoisotopic (exact) mass is 881 g/mol. The number of fused-ring (bicyclic) bond motifs is 4. The van der Waals surface area contributed by atoms with Crippen molar-refractivity contribution in [3.05, 3.63) is 268 Å². The molecule has 316 valence electrons. The van der Waals surface area contributed by atoms with Crippen molar-refractivity contribution in [2.24, 2.45) is 0 Å². The fourth-order valence-corrected chi connectivity index (χ4v) is 11.6. The van der Waals surface area contributed by atoms with E-state index in [9.17, 15) is 0 Å². The summed E-state index contributed by atoms with van der Waals surface area (Å²) < 4.78 is 0. The molecule has 2 aliphatic rings. The van der Waals surface area contributed by atoms with Crippen LogP contribution in [0.15, 0.2) is 235 Å². The maximum absolute atomic E-state index is 4.21. The van der Waals surface area contributed by atoms with Crippen molar-refractivity contribution in [1.29, 1.82) is 0 Å². The van der Waals surface area contributed by atoms with Gasteiger partial charge in [0.1, 0.15) is 0 Å². The average Bonchev–Trinajstić information content (AvgIpc) is 3.60. The van der Waals surface area contributed by atoms with Crippen LogP contribution in [0.25, 0.3) is 66.9 Å². The van der Waals surface area contributed by atoms with Gasteiger partial charge in [0.05, 0.1) is 0 Å². The van der Waals surface area contributed by atoms with Crippen LogP contribution in [-0.4, -0.2) is 0 Å². The summed E-state index contributed by atoms with van der Waals surface area (Å²) in [6, 6.07) is 68.2. The zero-order chi connectivity index (χ0) is 44.2. The largest absolute Gasteiger partial charge is 0.311 e. The molecule has 1 aromatic heterocycles. The van der Waals surface area contributed by atoms with Crippen LogP contribution >= 0.6 is 23.1 Å². The average molecular weight is 882 g/mol. The third-order valence-electron chi connectivity index (χ3n) is 12.6. The van der Waals surface area contributed by atoms with Gasteiger partial charge in [-0.15, -0.1) is 23.1 Å². The summed E-state index contributed by atoms with van der Waals surface area (Å²) in [6.07, 6.45) is 20.2. The number of nitrogens with zero attached hydrogens (tertiary/aromatic N) is 1. The number of thiophene rings is 1. The molecule has 9 aromatic rings. The number of hydrogen-bond donors (Lipinski definition) is 0. The minimum Gasteiger partial charge on any atom is -0.311 e. The molecule has 0 fully saturated rings. The number of hydrogen-bond acceptors (Lipinski definition) is 3. The topological polar surface area (TPSA) is 3.24 Å². The standard InChI is InChI=1S/C63H47NS2/c1-2-17-60(65-43-55-38-39-61(66-55)46-34-36-54(37-35-46)64(52-25-5-3-6-26-52)53-27-7-4-8-28-53)49-23-16-31-58-59(42-49)63(50-24-15-22-44-18-9-11-20-47(44)40-50)57-30-14-13-29-56(57)62(58)51-33-32-45-19-10-12-21-48(45)41-51/h2-21,24-42H,1,22-23,43H2/b60-17-. The van der Waals surface area contributed by atoms with Crippen molar-refractivity contribution >= 4 is 85.5 Å². The summed E-state index contributed by atoms with van der Waals surface area (Å²) in [5, 5.41) is 5.02. The summed E-state index contributed by atoms with van der Waals surface area (Å²) in [5.41, 5.74) is 16.1. The van der Waals surface area contributed by atoms with Crippen LogP contribution in [0.2, 0.25) is 0 Å². The van der Waals surface area contributed by atoms with Crippen LogP contribution in [0.3, 0.4) is 0 Å². The van der Waals surface area contributed by atoms with Gasteiger partial charge in [0.15, 0.2) is 0 Å². The molecule has 0 spiro atoms. The lowest BCUT2D eigenvalue weighted by Crippen LogP contribution is -2.09. The van der Waals surface area contributed by atoms with Gasteiger partial charge in [-0.2, -0.15) is 0 Å². The molecule has 0 atom stereocenters. The highest BCUT2D eigenvalue weighted by atomic mass is 32.2. The molecule has 0 bridgehead atoms. The Kier molecular flexibility index (Phi) is 11.6. The Labute approximate surface area is 396 Å². The molecule has 0 saturated heterocycles. The van der Waals surface area contributed by atoms with Crippen LogP contribution in [-0.2, 0) is 12.2 Å². The number of thioether (sulfide) groups is 1. The van der Waals surface area contributed by atoms with Gasteiger partial charge in [0.2, 0.25) is 0 Å². The number of anilines is 3. The molecule has 0 aliphatic heterocycles. The smallest absolute Gasteiger partial charge is 0.0462 e. The lowest BCUT2D eigenvalue weighted by atomic mass is 9.82. The van der Waals surface area contributed by atoms with Crippen molar-refractivity contribution in [2.75, 3.05) is 4.90 Å². The molecular formula is C63H47NS2. The normalized spacial score (nSPS) is 13.4. The maximum Gasteiger partial charge on any atom is 0.0462 e. The Morgan fingerprint density at radius 3 is 1.98 bits per heavy atom. The van der Waals surface area contributed by atoms with Crippen molar-refractivity contribution < 1.29 is 0 Å². The highest BCUT2D eigenvalue weighted by molar-refractivity contribution is 8.02. The Bertz CT molecular complexity index is 3380. The molecule has 0 N–H and O–H groups in total. The van der Waals surface area contributed by atoms with Gasteiger partial charge in [0.25, 0.3) is 0 Å². The second-order valence-corrected chi connectivity index (χ2v) is 18.9. The molecule has 8 aromatic carbocycles. The van der Waals surface area contributed by atoms with Crippen LogP contribution < -0.4 is 4.90 Å². The summed E-state index contributed by atoms with van der Waals surface area (Å²) in [7, 11) is 0. The Morgan fingerprint density at radius 2 is 1.21 bits per heavy atom. The van der Waals surface area contributed by atoms with Crippen LogP contribution in [0.1, 0.15) is 39.1 Å². The number of allylic oxidation sites excluding steroid dienone is 7. The molecule has 3 heteroatoms. The quantitative estimate of drug-likeness (QED) is 0.119. The predicted octanol–water partition coefficient (Wildman–Crippen LogP) is 18.3. The van der Waals surface area contributed by atoms with E-state index in [1.807, 2.05) is 29.2 Å². The predicted molar refractivity (Wildman–Crippen MR) is 290 cm³/mol. The summed E-state index contributed by atoms with van der Waals surface area (Å²) in [5.74, 6) is 0.865. The second-order valence-electron chi connectivity index (χ2n) is 16.7. The van der Waals surface area contributed by atoms with E-state index in [2.05, 4.69) is 242 Å². The first kappa shape index (κ1) is 41.3. The van der Waals surface area contributed by atoms with E-state index in [0.717, 1.165) is 35.7 Å². The Hall–Kier alpha value is -7.43. The van der Waals surface area contributed by atoms with E-state index in [1.54, 1.807) is 0 Å². The summed E-state index contributed by atoms with van der Waals surface area (Å²) in [6.45, 7) is 4.21. The van der Waals surface area contributed by atoms with Crippen LogP contribution in [0.4, 0.5) is 17.1 Å². The molecule has 66 heavy (non-hydrogen) atoms. The Balaban J connectivity index is 0.956. The van der Waals surface area contributed by atoms with Gasteiger partial charge in [-0.05, 0) is 163 Å². The van der Waals surface area contributed by atoms with Crippen LogP contribution in [0, 0.1) is 0 Å². The molecule has 1 heterocycles. The molecule has 0 radical (unpaired) electrons. The third-order valence-corrected chi connectivity index (χ3v) is 15.1. The highest BCUT2D eigenvalue weighted by Crippen LogP contribution is 2.47. The van der Waals surface area contributed by atoms with Crippen molar-refractivity contribution in [3.63, 3.8) is 0 Å². The van der Waals surface area contributed by atoms with Gasteiger partial charge < -0.3 is 4.90 Å². The van der Waals surface area contributed by atoms with E-state index in [4.69, 9.17) is 0 Å². The highest BCUT2D eigenvalue weighted by Gasteiger charge is 2.23. The SMILES string of the molecule is C=C/C=C(\SCc1ccc(-c2ccc(N(c3ccccc3)c3ccccc3)cc2)s1)C1=Cc2c(c(-c3ccc4ccccc4c3)c3ccccc3c2C2=Cc3ccccc3CC=C2)C=CC1.